The Morgan fingerprint density at radius 1 is 0.917 bits per heavy atom. The Labute approximate surface area is 213 Å². The van der Waals surface area contributed by atoms with E-state index in [0.717, 1.165) is 28.6 Å². The van der Waals surface area contributed by atoms with Gasteiger partial charge in [-0.3, -0.25) is 9.10 Å². The zero-order valence-corrected chi connectivity index (χ0v) is 21.6. The predicted molar refractivity (Wildman–Crippen MR) is 144 cm³/mol. The van der Waals surface area contributed by atoms with E-state index in [4.69, 9.17) is 4.74 Å². The van der Waals surface area contributed by atoms with Gasteiger partial charge in [-0.2, -0.15) is 0 Å². The van der Waals surface area contributed by atoms with Gasteiger partial charge in [-0.15, -0.1) is 0 Å². The van der Waals surface area contributed by atoms with Crippen LogP contribution in [0.1, 0.15) is 31.7 Å². The Kier molecular flexibility index (Phi) is 8.15. The van der Waals surface area contributed by atoms with Crippen molar-refractivity contribution in [2.45, 2.75) is 38.0 Å². The van der Waals surface area contributed by atoms with Gasteiger partial charge in [0.2, 0.25) is 5.91 Å². The van der Waals surface area contributed by atoms with Crippen molar-refractivity contribution in [3.8, 4) is 5.75 Å². The van der Waals surface area contributed by atoms with Crippen molar-refractivity contribution < 1.29 is 17.9 Å². The second-order valence-corrected chi connectivity index (χ2v) is 10.8. The fourth-order valence-electron chi connectivity index (χ4n) is 4.27. The standard InChI is InChI=1S/C28H33N3O4S/c1-3-35-26-15-17-27(18-16-26)36(33,34)31(25-11-7-22(2)8-12-25)21-28(32)29-23-9-13-24(14-10-23)30-19-5-4-6-20-30/h7-18H,3-6,19-21H2,1-2H3,(H,29,32). The van der Waals surface area contributed by atoms with E-state index < -0.39 is 15.9 Å². The summed E-state index contributed by atoms with van der Waals surface area (Å²) in [6.07, 6.45) is 3.65. The van der Waals surface area contributed by atoms with Crippen LogP contribution in [0.4, 0.5) is 17.1 Å². The summed E-state index contributed by atoms with van der Waals surface area (Å²) in [4.78, 5) is 15.5. The number of carbonyl (C=O) groups is 1. The Morgan fingerprint density at radius 2 is 1.56 bits per heavy atom. The molecule has 0 unspecified atom stereocenters. The predicted octanol–water partition coefficient (Wildman–Crippen LogP) is 5.22. The minimum absolute atomic E-state index is 0.0882. The molecule has 0 saturated carbocycles. The Balaban J connectivity index is 1.53. The number of ether oxygens (including phenoxy) is 1. The highest BCUT2D eigenvalue weighted by molar-refractivity contribution is 7.92. The zero-order chi connectivity index (χ0) is 25.5. The molecule has 1 fully saturated rings. The number of hydrogen-bond acceptors (Lipinski definition) is 5. The average molecular weight is 508 g/mol. The second-order valence-electron chi connectivity index (χ2n) is 8.89. The average Bonchev–Trinajstić information content (AvgIpc) is 2.89. The molecule has 0 aliphatic carbocycles. The molecule has 3 aromatic rings. The number of rotatable bonds is 9. The third kappa shape index (κ3) is 6.18. The third-order valence-corrected chi connectivity index (χ3v) is 7.99. The molecule has 1 heterocycles. The first-order chi connectivity index (χ1) is 17.4. The maximum Gasteiger partial charge on any atom is 0.264 e. The van der Waals surface area contributed by atoms with Gasteiger partial charge in [-0.25, -0.2) is 8.42 Å². The number of amides is 1. The molecule has 3 aromatic carbocycles. The molecule has 0 atom stereocenters. The highest BCUT2D eigenvalue weighted by Gasteiger charge is 2.27. The quantitative estimate of drug-likeness (QED) is 0.430. The SMILES string of the molecule is CCOc1ccc(S(=O)(=O)N(CC(=O)Nc2ccc(N3CCCCC3)cc2)c2ccc(C)cc2)cc1. The van der Waals surface area contributed by atoms with E-state index in [9.17, 15) is 13.2 Å². The lowest BCUT2D eigenvalue weighted by Crippen LogP contribution is -2.38. The molecule has 7 nitrogen and oxygen atoms in total. The van der Waals surface area contributed by atoms with Crippen LogP contribution >= 0.6 is 0 Å². The van der Waals surface area contributed by atoms with E-state index in [2.05, 4.69) is 10.2 Å². The number of aryl methyl sites for hydroxylation is 1. The summed E-state index contributed by atoms with van der Waals surface area (Å²) in [5.41, 5.74) is 3.18. The first-order valence-corrected chi connectivity index (χ1v) is 13.8. The minimum Gasteiger partial charge on any atom is -0.494 e. The molecule has 1 saturated heterocycles. The van der Waals surface area contributed by atoms with Crippen molar-refractivity contribution in [1.82, 2.24) is 0 Å². The van der Waals surface area contributed by atoms with Gasteiger partial charge in [0.05, 0.1) is 17.2 Å². The number of benzene rings is 3. The molecule has 8 heteroatoms. The monoisotopic (exact) mass is 507 g/mol. The van der Waals surface area contributed by atoms with Gasteiger partial charge in [0, 0.05) is 24.5 Å². The van der Waals surface area contributed by atoms with E-state index in [1.165, 1.54) is 31.4 Å². The Hall–Kier alpha value is -3.52. The Bertz CT molecular complexity index is 1250. The summed E-state index contributed by atoms with van der Waals surface area (Å²) in [7, 11) is -4.00. The molecule has 1 aliphatic heterocycles. The lowest BCUT2D eigenvalue weighted by molar-refractivity contribution is -0.114. The summed E-state index contributed by atoms with van der Waals surface area (Å²) >= 11 is 0. The van der Waals surface area contributed by atoms with Crippen LogP contribution in [0.2, 0.25) is 0 Å². The van der Waals surface area contributed by atoms with E-state index in [1.54, 1.807) is 24.3 Å². The third-order valence-electron chi connectivity index (χ3n) is 6.20. The second kappa shape index (κ2) is 11.5. The van der Waals surface area contributed by atoms with Gasteiger partial charge in [0.15, 0.2) is 0 Å². The van der Waals surface area contributed by atoms with Gasteiger partial charge in [-0.05, 0) is 93.8 Å². The number of sulfonamides is 1. The summed E-state index contributed by atoms with van der Waals surface area (Å²) in [5.74, 6) is 0.167. The first-order valence-electron chi connectivity index (χ1n) is 12.3. The van der Waals surface area contributed by atoms with Crippen LogP contribution in [0.3, 0.4) is 0 Å². The van der Waals surface area contributed by atoms with Crippen molar-refractivity contribution >= 4 is 33.0 Å². The molecular weight excluding hydrogens is 474 g/mol. The van der Waals surface area contributed by atoms with Crippen molar-refractivity contribution in [2.24, 2.45) is 0 Å². The molecule has 1 aliphatic rings. The number of nitrogens with zero attached hydrogens (tertiary/aromatic N) is 2. The zero-order valence-electron chi connectivity index (χ0n) is 20.8. The topological polar surface area (TPSA) is 79.0 Å². The molecule has 0 bridgehead atoms. The van der Waals surface area contributed by atoms with E-state index in [0.29, 0.717) is 23.7 Å². The van der Waals surface area contributed by atoms with E-state index in [1.807, 2.05) is 50.2 Å². The molecule has 1 amide bonds. The molecule has 4 rings (SSSR count). The molecule has 36 heavy (non-hydrogen) atoms. The van der Waals surface area contributed by atoms with Gasteiger partial charge in [0.25, 0.3) is 10.0 Å². The Morgan fingerprint density at radius 3 is 2.17 bits per heavy atom. The summed E-state index contributed by atoms with van der Waals surface area (Å²) < 4.78 is 33.8. The number of nitrogens with one attached hydrogen (secondary N) is 1. The number of hydrogen-bond donors (Lipinski definition) is 1. The molecule has 1 N–H and O–H groups in total. The maximum atomic E-state index is 13.6. The normalized spacial score (nSPS) is 13.8. The summed E-state index contributed by atoms with van der Waals surface area (Å²) in [6, 6.07) is 21.0. The van der Waals surface area contributed by atoms with Crippen LogP contribution in [0, 0.1) is 6.92 Å². The fraction of sp³-hybridized carbons (Fsp3) is 0.321. The van der Waals surface area contributed by atoms with Gasteiger partial charge >= 0.3 is 0 Å². The molecule has 0 spiro atoms. The van der Waals surface area contributed by atoms with Gasteiger partial charge < -0.3 is 15.0 Å². The van der Waals surface area contributed by atoms with E-state index in [-0.39, 0.29) is 11.4 Å². The van der Waals surface area contributed by atoms with Crippen LogP contribution < -0.4 is 19.3 Å². The molecule has 190 valence electrons. The maximum absolute atomic E-state index is 13.6. The summed E-state index contributed by atoms with van der Waals surface area (Å²) in [6.45, 7) is 6.01. The van der Waals surface area contributed by atoms with Crippen LogP contribution in [-0.2, 0) is 14.8 Å². The smallest absolute Gasteiger partial charge is 0.264 e. The van der Waals surface area contributed by atoms with Crippen molar-refractivity contribution in [3.63, 3.8) is 0 Å². The molecular formula is C28H33N3O4S. The van der Waals surface area contributed by atoms with Crippen LogP contribution in [0.15, 0.2) is 77.7 Å². The highest BCUT2D eigenvalue weighted by Crippen LogP contribution is 2.26. The lowest BCUT2D eigenvalue weighted by atomic mass is 10.1. The van der Waals surface area contributed by atoms with E-state index >= 15 is 0 Å². The number of piperidine rings is 1. The molecule has 0 aromatic heterocycles. The number of carbonyl (C=O) groups excluding carboxylic acids is 1. The van der Waals surface area contributed by atoms with Crippen LogP contribution in [0.25, 0.3) is 0 Å². The van der Waals surface area contributed by atoms with Crippen molar-refractivity contribution in [3.05, 3.63) is 78.4 Å². The van der Waals surface area contributed by atoms with Gasteiger partial charge in [-0.1, -0.05) is 17.7 Å². The lowest BCUT2D eigenvalue weighted by Gasteiger charge is -2.29. The van der Waals surface area contributed by atoms with Crippen LogP contribution in [0.5, 0.6) is 5.75 Å². The highest BCUT2D eigenvalue weighted by atomic mass is 32.2. The largest absolute Gasteiger partial charge is 0.494 e. The van der Waals surface area contributed by atoms with Gasteiger partial charge in [0.1, 0.15) is 12.3 Å². The summed E-state index contributed by atoms with van der Waals surface area (Å²) in [5, 5.41) is 2.85. The number of anilines is 3. The minimum atomic E-state index is -4.00. The van der Waals surface area contributed by atoms with Crippen molar-refractivity contribution in [2.75, 3.05) is 40.8 Å². The van der Waals surface area contributed by atoms with Crippen molar-refractivity contribution in [1.29, 1.82) is 0 Å². The van der Waals surface area contributed by atoms with Crippen LogP contribution in [-0.4, -0.2) is 40.6 Å². The fourth-order valence-corrected chi connectivity index (χ4v) is 5.69. The molecule has 0 radical (unpaired) electrons. The first kappa shape index (κ1) is 25.6.